The van der Waals surface area contributed by atoms with Gasteiger partial charge in [-0.05, 0) is 43.7 Å². The van der Waals surface area contributed by atoms with Gasteiger partial charge in [-0.1, -0.05) is 0 Å². The first-order chi connectivity index (χ1) is 11.2. The van der Waals surface area contributed by atoms with Crippen molar-refractivity contribution in [2.45, 2.75) is 37.8 Å². The standard InChI is InChI=1S/C17H22N4O2/c1-23-14-3-4-15-12(7-14)6-13(17(22)21-15)10-20-16-5-2-11(8-18)9-19-16/h2,5,9,12-15H,3-4,6-7,10H2,1H3,(H,19,20)(H,21,22). The van der Waals surface area contributed by atoms with Crippen LogP contribution in [0.5, 0.6) is 0 Å². The third-order valence-electron chi connectivity index (χ3n) is 4.98. The maximum absolute atomic E-state index is 12.3. The average molecular weight is 314 g/mol. The molecule has 2 heterocycles. The van der Waals surface area contributed by atoms with Gasteiger partial charge in [0.15, 0.2) is 0 Å². The van der Waals surface area contributed by atoms with E-state index in [9.17, 15) is 4.79 Å². The van der Waals surface area contributed by atoms with Gasteiger partial charge in [0.1, 0.15) is 11.9 Å². The number of methoxy groups -OCH3 is 1. The summed E-state index contributed by atoms with van der Waals surface area (Å²) in [5.41, 5.74) is 0.529. The lowest BCUT2D eigenvalue weighted by atomic mass is 9.74. The number of carbonyl (C=O) groups is 1. The molecule has 4 unspecified atom stereocenters. The van der Waals surface area contributed by atoms with Crippen LogP contribution in [0.2, 0.25) is 0 Å². The highest BCUT2D eigenvalue weighted by Gasteiger charge is 2.39. The number of nitrogens with zero attached hydrogens (tertiary/aromatic N) is 2. The van der Waals surface area contributed by atoms with Crippen LogP contribution in [-0.2, 0) is 9.53 Å². The molecule has 1 aliphatic heterocycles. The van der Waals surface area contributed by atoms with Crippen molar-refractivity contribution in [3.05, 3.63) is 23.9 Å². The molecule has 1 amide bonds. The molecular weight excluding hydrogens is 292 g/mol. The third-order valence-corrected chi connectivity index (χ3v) is 4.98. The third kappa shape index (κ3) is 3.62. The number of ether oxygens (including phenoxy) is 1. The zero-order valence-electron chi connectivity index (χ0n) is 13.3. The minimum absolute atomic E-state index is 0.0516. The zero-order valence-corrected chi connectivity index (χ0v) is 13.3. The number of nitrogens with one attached hydrogen (secondary N) is 2. The molecule has 3 rings (SSSR count). The van der Waals surface area contributed by atoms with Crippen molar-refractivity contribution in [2.75, 3.05) is 19.0 Å². The van der Waals surface area contributed by atoms with Crippen LogP contribution in [0.1, 0.15) is 31.2 Å². The first-order valence-corrected chi connectivity index (χ1v) is 8.12. The molecule has 2 fully saturated rings. The quantitative estimate of drug-likeness (QED) is 0.883. The van der Waals surface area contributed by atoms with Crippen LogP contribution in [0.4, 0.5) is 5.82 Å². The van der Waals surface area contributed by atoms with Crippen molar-refractivity contribution in [1.29, 1.82) is 5.26 Å². The molecule has 1 aromatic rings. The Kier molecular flexibility index (Phi) is 4.77. The summed E-state index contributed by atoms with van der Waals surface area (Å²) < 4.78 is 5.49. The van der Waals surface area contributed by atoms with Crippen LogP contribution in [-0.4, -0.2) is 36.7 Å². The molecule has 1 aromatic heterocycles. The van der Waals surface area contributed by atoms with E-state index >= 15 is 0 Å². The second-order valence-electron chi connectivity index (χ2n) is 6.40. The summed E-state index contributed by atoms with van der Waals surface area (Å²) >= 11 is 0. The second-order valence-corrected chi connectivity index (χ2v) is 6.40. The molecule has 122 valence electrons. The number of piperidine rings is 1. The number of nitriles is 1. The van der Waals surface area contributed by atoms with Crippen molar-refractivity contribution >= 4 is 11.7 Å². The molecule has 23 heavy (non-hydrogen) atoms. The summed E-state index contributed by atoms with van der Waals surface area (Å²) in [7, 11) is 1.77. The number of hydrogen-bond acceptors (Lipinski definition) is 5. The zero-order chi connectivity index (χ0) is 16.2. The monoisotopic (exact) mass is 314 g/mol. The summed E-state index contributed by atoms with van der Waals surface area (Å²) in [4.78, 5) is 16.5. The first kappa shape index (κ1) is 15.8. The van der Waals surface area contributed by atoms with Crippen LogP contribution >= 0.6 is 0 Å². The molecule has 0 aromatic carbocycles. The number of anilines is 1. The van der Waals surface area contributed by atoms with Gasteiger partial charge in [-0.2, -0.15) is 5.26 Å². The van der Waals surface area contributed by atoms with Gasteiger partial charge in [0.05, 0.1) is 17.6 Å². The summed E-state index contributed by atoms with van der Waals surface area (Å²) in [6.45, 7) is 0.561. The number of amides is 1. The second kappa shape index (κ2) is 6.97. The molecule has 1 saturated carbocycles. The Labute approximate surface area is 136 Å². The van der Waals surface area contributed by atoms with Gasteiger partial charge in [0, 0.05) is 25.9 Å². The SMILES string of the molecule is COC1CCC2NC(=O)C(CNc3ccc(C#N)cn3)CC2C1. The van der Waals surface area contributed by atoms with Gasteiger partial charge in [-0.25, -0.2) is 4.98 Å². The fourth-order valence-corrected chi connectivity index (χ4v) is 3.63. The lowest BCUT2D eigenvalue weighted by Gasteiger charge is -2.41. The topological polar surface area (TPSA) is 87.0 Å². The number of aromatic nitrogens is 1. The van der Waals surface area contributed by atoms with Crippen molar-refractivity contribution in [3.8, 4) is 6.07 Å². The highest BCUT2D eigenvalue weighted by molar-refractivity contribution is 5.80. The van der Waals surface area contributed by atoms with Crippen molar-refractivity contribution in [2.24, 2.45) is 11.8 Å². The molecule has 6 nitrogen and oxygen atoms in total. The van der Waals surface area contributed by atoms with Crippen LogP contribution < -0.4 is 10.6 Å². The van der Waals surface area contributed by atoms with E-state index in [-0.39, 0.29) is 11.8 Å². The molecule has 1 aliphatic carbocycles. The Morgan fingerprint density at radius 1 is 1.43 bits per heavy atom. The van der Waals surface area contributed by atoms with E-state index in [1.54, 1.807) is 19.2 Å². The maximum atomic E-state index is 12.3. The van der Waals surface area contributed by atoms with Crippen molar-refractivity contribution in [3.63, 3.8) is 0 Å². The Balaban J connectivity index is 1.57. The predicted molar refractivity (Wildman–Crippen MR) is 85.6 cm³/mol. The fourth-order valence-electron chi connectivity index (χ4n) is 3.63. The van der Waals surface area contributed by atoms with Gasteiger partial charge in [0.25, 0.3) is 0 Å². The van der Waals surface area contributed by atoms with Crippen LogP contribution in [0, 0.1) is 23.2 Å². The number of rotatable bonds is 4. The highest BCUT2D eigenvalue weighted by atomic mass is 16.5. The largest absolute Gasteiger partial charge is 0.381 e. The average Bonchev–Trinajstić information content (AvgIpc) is 2.60. The first-order valence-electron chi connectivity index (χ1n) is 8.12. The summed E-state index contributed by atoms with van der Waals surface area (Å²) in [5, 5.41) is 15.1. The Morgan fingerprint density at radius 2 is 2.30 bits per heavy atom. The van der Waals surface area contributed by atoms with Gasteiger partial charge >= 0.3 is 0 Å². The van der Waals surface area contributed by atoms with E-state index in [1.807, 2.05) is 6.07 Å². The highest BCUT2D eigenvalue weighted by Crippen LogP contribution is 2.34. The van der Waals surface area contributed by atoms with E-state index in [0.29, 0.717) is 36.0 Å². The van der Waals surface area contributed by atoms with Gasteiger partial charge in [0.2, 0.25) is 5.91 Å². The van der Waals surface area contributed by atoms with E-state index < -0.39 is 0 Å². The van der Waals surface area contributed by atoms with E-state index in [0.717, 1.165) is 25.7 Å². The van der Waals surface area contributed by atoms with Gasteiger partial charge in [-0.15, -0.1) is 0 Å². The predicted octanol–water partition coefficient (Wildman–Crippen LogP) is 1.68. The molecule has 6 heteroatoms. The smallest absolute Gasteiger partial charge is 0.225 e. The number of pyridine rings is 1. The Hall–Kier alpha value is -2.13. The number of hydrogen-bond donors (Lipinski definition) is 2. The van der Waals surface area contributed by atoms with Gasteiger partial charge in [-0.3, -0.25) is 4.79 Å². The van der Waals surface area contributed by atoms with Crippen LogP contribution in [0.15, 0.2) is 18.3 Å². The minimum Gasteiger partial charge on any atom is -0.381 e. The Bertz CT molecular complexity index is 596. The van der Waals surface area contributed by atoms with E-state index in [4.69, 9.17) is 10.00 Å². The minimum atomic E-state index is -0.0516. The maximum Gasteiger partial charge on any atom is 0.225 e. The van der Waals surface area contributed by atoms with Crippen molar-refractivity contribution in [1.82, 2.24) is 10.3 Å². The number of fused-ring (bicyclic) bond motifs is 1. The lowest BCUT2D eigenvalue weighted by molar-refractivity contribution is -0.130. The van der Waals surface area contributed by atoms with Crippen LogP contribution in [0.3, 0.4) is 0 Å². The van der Waals surface area contributed by atoms with Crippen molar-refractivity contribution < 1.29 is 9.53 Å². The fraction of sp³-hybridized carbons (Fsp3) is 0.588. The summed E-state index contributed by atoms with van der Waals surface area (Å²) in [5.74, 6) is 1.26. The van der Waals surface area contributed by atoms with E-state index in [1.165, 1.54) is 6.20 Å². The molecule has 4 atom stereocenters. The molecular formula is C17H22N4O2. The van der Waals surface area contributed by atoms with Gasteiger partial charge < -0.3 is 15.4 Å². The number of carbonyl (C=O) groups excluding carboxylic acids is 1. The van der Waals surface area contributed by atoms with Crippen LogP contribution in [0.25, 0.3) is 0 Å². The lowest BCUT2D eigenvalue weighted by Crippen LogP contribution is -2.53. The normalized spacial score (nSPS) is 30.0. The molecule has 1 saturated heterocycles. The molecule has 2 aliphatic rings. The molecule has 0 radical (unpaired) electrons. The van der Waals surface area contributed by atoms with E-state index in [2.05, 4.69) is 15.6 Å². The molecule has 2 N–H and O–H groups in total. The summed E-state index contributed by atoms with van der Waals surface area (Å²) in [6.07, 6.45) is 5.79. The molecule has 0 bridgehead atoms. The molecule has 0 spiro atoms. The Morgan fingerprint density at radius 3 is 3.00 bits per heavy atom. The summed E-state index contributed by atoms with van der Waals surface area (Å²) in [6, 6.07) is 5.83.